The second kappa shape index (κ2) is 4.46. The van der Waals surface area contributed by atoms with Crippen LogP contribution in [0.1, 0.15) is 12.0 Å². The molecule has 0 bridgehead atoms. The van der Waals surface area contributed by atoms with Gasteiger partial charge in [0.2, 0.25) is 0 Å². The zero-order valence-corrected chi connectivity index (χ0v) is 7.59. The summed E-state index contributed by atoms with van der Waals surface area (Å²) in [5.41, 5.74) is 6.21. The molecule has 4 heteroatoms. The third-order valence-corrected chi connectivity index (χ3v) is 1.83. The van der Waals surface area contributed by atoms with Crippen molar-refractivity contribution < 1.29 is 13.2 Å². The topological polar surface area (TPSA) is 26.0 Å². The Balaban J connectivity index is 2.46. The molecule has 1 rings (SSSR count). The molecule has 0 saturated carbocycles. The minimum atomic E-state index is -4.17. The predicted octanol–water partition coefficient (Wildman–Crippen LogP) is 2.51. The first-order valence-corrected chi connectivity index (χ1v) is 4.33. The maximum Gasteiger partial charge on any atom is 0.390 e. The van der Waals surface area contributed by atoms with Gasteiger partial charge in [0.25, 0.3) is 0 Å². The highest BCUT2D eigenvalue weighted by Gasteiger charge is 2.30. The van der Waals surface area contributed by atoms with Crippen molar-refractivity contribution in [2.24, 2.45) is 5.73 Å². The molecule has 1 nitrogen and oxygen atoms in total. The van der Waals surface area contributed by atoms with Gasteiger partial charge in [0, 0.05) is 6.04 Å². The van der Waals surface area contributed by atoms with Gasteiger partial charge < -0.3 is 5.73 Å². The van der Waals surface area contributed by atoms with E-state index in [2.05, 4.69) is 0 Å². The molecule has 14 heavy (non-hydrogen) atoms. The van der Waals surface area contributed by atoms with Gasteiger partial charge in [0.1, 0.15) is 0 Å². The van der Waals surface area contributed by atoms with E-state index < -0.39 is 18.6 Å². The predicted molar refractivity (Wildman–Crippen MR) is 48.8 cm³/mol. The molecule has 0 spiro atoms. The van der Waals surface area contributed by atoms with Crippen LogP contribution >= 0.6 is 0 Å². The summed E-state index contributed by atoms with van der Waals surface area (Å²) in [5.74, 6) is 0. The molecule has 0 radical (unpaired) electrons. The summed E-state index contributed by atoms with van der Waals surface area (Å²) < 4.78 is 35.8. The Labute approximate surface area is 80.7 Å². The third-order valence-electron chi connectivity index (χ3n) is 1.83. The molecule has 1 atom stereocenters. The number of benzene rings is 1. The van der Waals surface area contributed by atoms with Crippen LogP contribution in [-0.4, -0.2) is 12.2 Å². The molecule has 0 amide bonds. The van der Waals surface area contributed by atoms with Crippen LogP contribution in [0.3, 0.4) is 0 Å². The highest BCUT2D eigenvalue weighted by molar-refractivity contribution is 5.15. The Kier molecular flexibility index (Phi) is 3.52. The fourth-order valence-corrected chi connectivity index (χ4v) is 1.29. The molecule has 0 aliphatic carbocycles. The zero-order valence-electron chi connectivity index (χ0n) is 7.59. The minimum Gasteiger partial charge on any atom is -0.327 e. The Morgan fingerprint density at radius 2 is 1.71 bits per heavy atom. The van der Waals surface area contributed by atoms with Crippen LogP contribution in [0.2, 0.25) is 0 Å². The summed E-state index contributed by atoms with van der Waals surface area (Å²) in [6.07, 6.45) is -4.84. The van der Waals surface area contributed by atoms with Crippen molar-refractivity contribution in [2.45, 2.75) is 25.1 Å². The van der Waals surface area contributed by atoms with Crippen LogP contribution in [0.15, 0.2) is 30.3 Å². The summed E-state index contributed by atoms with van der Waals surface area (Å²) in [6.45, 7) is 0. The van der Waals surface area contributed by atoms with Crippen molar-refractivity contribution in [3.05, 3.63) is 35.9 Å². The van der Waals surface area contributed by atoms with Gasteiger partial charge in [0.05, 0.1) is 6.42 Å². The van der Waals surface area contributed by atoms with Gasteiger partial charge in [-0.3, -0.25) is 0 Å². The van der Waals surface area contributed by atoms with E-state index in [1.807, 2.05) is 6.07 Å². The lowest BCUT2D eigenvalue weighted by Gasteiger charge is -2.13. The molecule has 1 aromatic carbocycles. The van der Waals surface area contributed by atoms with Crippen molar-refractivity contribution in [1.82, 2.24) is 0 Å². The summed E-state index contributed by atoms with van der Waals surface area (Å²) in [7, 11) is 0. The quantitative estimate of drug-likeness (QED) is 0.802. The van der Waals surface area contributed by atoms with E-state index in [1.165, 1.54) is 0 Å². The molecule has 2 N–H and O–H groups in total. The van der Waals surface area contributed by atoms with Crippen molar-refractivity contribution in [2.75, 3.05) is 0 Å². The van der Waals surface area contributed by atoms with E-state index in [0.717, 1.165) is 5.56 Å². The lowest BCUT2D eigenvalue weighted by Crippen LogP contribution is -2.29. The maximum absolute atomic E-state index is 11.9. The molecule has 0 heterocycles. The van der Waals surface area contributed by atoms with E-state index in [9.17, 15) is 13.2 Å². The highest BCUT2D eigenvalue weighted by Crippen LogP contribution is 2.22. The summed E-state index contributed by atoms with van der Waals surface area (Å²) in [6, 6.07) is 8.09. The molecule has 0 aliphatic rings. The second-order valence-electron chi connectivity index (χ2n) is 3.27. The van der Waals surface area contributed by atoms with Gasteiger partial charge in [-0.15, -0.1) is 0 Å². The van der Waals surface area contributed by atoms with Crippen LogP contribution < -0.4 is 5.73 Å². The fourth-order valence-electron chi connectivity index (χ4n) is 1.29. The van der Waals surface area contributed by atoms with Crippen LogP contribution in [0.4, 0.5) is 13.2 Å². The highest BCUT2D eigenvalue weighted by atomic mass is 19.4. The van der Waals surface area contributed by atoms with Gasteiger partial charge in [-0.1, -0.05) is 30.3 Å². The molecular weight excluding hydrogens is 191 g/mol. The van der Waals surface area contributed by atoms with Crippen LogP contribution in [0, 0.1) is 0 Å². The monoisotopic (exact) mass is 203 g/mol. The molecular formula is C10H12F3N. The molecule has 0 unspecified atom stereocenters. The Hall–Kier alpha value is -1.03. The Morgan fingerprint density at radius 1 is 1.14 bits per heavy atom. The summed E-state index contributed by atoms with van der Waals surface area (Å²) in [5, 5.41) is 0. The Bertz CT molecular complexity index is 268. The largest absolute Gasteiger partial charge is 0.390 e. The Morgan fingerprint density at radius 3 is 2.21 bits per heavy atom. The zero-order chi connectivity index (χ0) is 10.6. The fraction of sp³-hybridized carbons (Fsp3) is 0.400. The molecule has 0 fully saturated rings. The van der Waals surface area contributed by atoms with Gasteiger partial charge >= 0.3 is 6.18 Å². The smallest absolute Gasteiger partial charge is 0.327 e. The van der Waals surface area contributed by atoms with Crippen molar-refractivity contribution >= 4 is 0 Å². The molecule has 0 aliphatic heterocycles. The molecule has 0 aromatic heterocycles. The van der Waals surface area contributed by atoms with E-state index in [4.69, 9.17) is 5.73 Å². The van der Waals surface area contributed by atoms with Gasteiger partial charge in [-0.05, 0) is 12.0 Å². The van der Waals surface area contributed by atoms with Crippen LogP contribution in [0.5, 0.6) is 0 Å². The molecule has 0 saturated heterocycles. The normalized spacial score (nSPS) is 14.0. The lowest BCUT2D eigenvalue weighted by molar-refractivity contribution is -0.138. The average Bonchev–Trinajstić information content (AvgIpc) is 2.02. The number of hydrogen-bond donors (Lipinski definition) is 1. The van der Waals surface area contributed by atoms with E-state index >= 15 is 0 Å². The van der Waals surface area contributed by atoms with Crippen LogP contribution in [-0.2, 0) is 6.42 Å². The molecule has 1 aromatic rings. The second-order valence-corrected chi connectivity index (χ2v) is 3.27. The van der Waals surface area contributed by atoms with E-state index in [-0.39, 0.29) is 6.42 Å². The van der Waals surface area contributed by atoms with Crippen LogP contribution in [0.25, 0.3) is 0 Å². The van der Waals surface area contributed by atoms with Crippen molar-refractivity contribution in [3.8, 4) is 0 Å². The van der Waals surface area contributed by atoms with Gasteiger partial charge in [-0.2, -0.15) is 13.2 Å². The first-order valence-electron chi connectivity index (χ1n) is 4.33. The summed E-state index contributed by atoms with van der Waals surface area (Å²) >= 11 is 0. The first kappa shape index (κ1) is 11.0. The number of nitrogens with two attached hydrogens (primary N) is 1. The number of rotatable bonds is 3. The minimum absolute atomic E-state index is 0.264. The first-order chi connectivity index (χ1) is 6.47. The standard InChI is InChI=1S/C10H12F3N/c11-10(12,13)7-9(14)6-8-4-2-1-3-5-8/h1-5,9H,6-7,14H2/t9-/m0/s1. The SMILES string of the molecule is N[C@@H](Cc1ccccc1)CC(F)(F)F. The van der Waals surface area contributed by atoms with E-state index in [0.29, 0.717) is 0 Å². The van der Waals surface area contributed by atoms with Gasteiger partial charge in [-0.25, -0.2) is 0 Å². The van der Waals surface area contributed by atoms with E-state index in [1.54, 1.807) is 24.3 Å². The molecule has 78 valence electrons. The van der Waals surface area contributed by atoms with Gasteiger partial charge in [0.15, 0.2) is 0 Å². The lowest BCUT2D eigenvalue weighted by atomic mass is 10.0. The number of halogens is 3. The average molecular weight is 203 g/mol. The maximum atomic E-state index is 11.9. The van der Waals surface area contributed by atoms with Crippen molar-refractivity contribution in [3.63, 3.8) is 0 Å². The third kappa shape index (κ3) is 4.28. The number of hydrogen-bond acceptors (Lipinski definition) is 1. The van der Waals surface area contributed by atoms with Crippen molar-refractivity contribution in [1.29, 1.82) is 0 Å². The summed E-state index contributed by atoms with van der Waals surface area (Å²) in [4.78, 5) is 0. The number of alkyl halides is 3.